The largest absolute Gasteiger partial charge is 0.497 e. The number of fused-ring (bicyclic) bond motifs is 1. The van der Waals surface area contributed by atoms with E-state index < -0.39 is 0 Å². The number of methoxy groups -OCH3 is 1. The Morgan fingerprint density at radius 3 is 2.53 bits per heavy atom. The van der Waals surface area contributed by atoms with Gasteiger partial charge in [0.05, 0.1) is 23.5 Å². The molecule has 4 heteroatoms. The van der Waals surface area contributed by atoms with Crippen molar-refractivity contribution in [2.45, 2.75) is 45.0 Å². The van der Waals surface area contributed by atoms with Gasteiger partial charge in [0, 0.05) is 12.1 Å². The molecular formula is C15H21ClN2O. The van der Waals surface area contributed by atoms with Crippen molar-refractivity contribution in [1.29, 1.82) is 0 Å². The number of nitrogens with zero attached hydrogens (tertiary/aromatic N) is 2. The van der Waals surface area contributed by atoms with E-state index in [9.17, 15) is 0 Å². The normalized spacial score (nSPS) is 13.2. The fourth-order valence-electron chi connectivity index (χ4n) is 2.54. The summed E-state index contributed by atoms with van der Waals surface area (Å²) >= 11 is 6.30. The molecule has 0 aliphatic rings. The van der Waals surface area contributed by atoms with E-state index in [1.807, 2.05) is 25.1 Å². The predicted molar refractivity (Wildman–Crippen MR) is 80.2 cm³/mol. The molecule has 0 N–H and O–H groups in total. The van der Waals surface area contributed by atoms with Gasteiger partial charge in [-0.3, -0.25) is 0 Å². The van der Waals surface area contributed by atoms with Gasteiger partial charge in [0.2, 0.25) is 0 Å². The van der Waals surface area contributed by atoms with Crippen LogP contribution in [0.5, 0.6) is 5.75 Å². The second-order valence-electron chi connectivity index (χ2n) is 4.78. The van der Waals surface area contributed by atoms with Crippen LogP contribution in [0.1, 0.15) is 50.9 Å². The highest BCUT2D eigenvalue weighted by atomic mass is 35.5. The summed E-state index contributed by atoms with van der Waals surface area (Å²) in [5.74, 6) is 1.80. The molecule has 1 heterocycles. The van der Waals surface area contributed by atoms with E-state index in [2.05, 4.69) is 23.4 Å². The number of hydrogen-bond donors (Lipinski definition) is 0. The van der Waals surface area contributed by atoms with Crippen LogP contribution in [0.4, 0.5) is 0 Å². The first kappa shape index (κ1) is 14.2. The molecule has 2 aromatic rings. The molecule has 0 bridgehead atoms. The van der Waals surface area contributed by atoms with Crippen LogP contribution in [-0.4, -0.2) is 16.7 Å². The Kier molecular flexibility index (Phi) is 4.35. The molecule has 0 aliphatic carbocycles. The average Bonchev–Trinajstić information content (AvgIpc) is 2.79. The van der Waals surface area contributed by atoms with Gasteiger partial charge in [0.15, 0.2) is 0 Å². The third-order valence-corrected chi connectivity index (χ3v) is 3.78. The van der Waals surface area contributed by atoms with E-state index in [0.29, 0.717) is 6.04 Å². The molecule has 1 unspecified atom stereocenters. The molecule has 3 nitrogen and oxygen atoms in total. The Balaban J connectivity index is 2.69. The molecule has 0 fully saturated rings. The molecule has 1 atom stereocenters. The molecule has 1 aromatic heterocycles. The Morgan fingerprint density at radius 2 is 2.00 bits per heavy atom. The molecule has 0 saturated carbocycles. The highest BCUT2D eigenvalue weighted by Crippen LogP contribution is 2.32. The first-order valence-electron chi connectivity index (χ1n) is 6.82. The zero-order valence-electron chi connectivity index (χ0n) is 12.0. The molecular weight excluding hydrogens is 260 g/mol. The molecule has 0 spiro atoms. The first-order valence-corrected chi connectivity index (χ1v) is 7.25. The minimum atomic E-state index is -0.0982. The number of alkyl halides is 1. The van der Waals surface area contributed by atoms with Crippen molar-refractivity contribution >= 4 is 22.6 Å². The van der Waals surface area contributed by atoms with Crippen molar-refractivity contribution in [3.8, 4) is 5.75 Å². The molecule has 0 amide bonds. The lowest BCUT2D eigenvalue weighted by Gasteiger charge is -2.19. The average molecular weight is 281 g/mol. The summed E-state index contributed by atoms with van der Waals surface area (Å²) in [5.41, 5.74) is 2.09. The van der Waals surface area contributed by atoms with Gasteiger partial charge >= 0.3 is 0 Å². The van der Waals surface area contributed by atoms with Gasteiger partial charge < -0.3 is 9.30 Å². The van der Waals surface area contributed by atoms with E-state index >= 15 is 0 Å². The van der Waals surface area contributed by atoms with Gasteiger partial charge in [-0.2, -0.15) is 0 Å². The molecule has 104 valence electrons. The Bertz CT molecular complexity index is 559. The maximum Gasteiger partial charge on any atom is 0.127 e. The molecule has 2 rings (SSSR count). The van der Waals surface area contributed by atoms with E-state index in [1.165, 1.54) is 0 Å². The number of ether oxygens (including phenoxy) is 1. The maximum absolute atomic E-state index is 6.30. The van der Waals surface area contributed by atoms with Crippen molar-refractivity contribution in [2.75, 3.05) is 7.11 Å². The standard InChI is InChI=1S/C15H21ClN2O/c1-5-11(6-2)18-14-9-12(19-4)7-8-13(14)17-15(18)10(3)16/h7-11H,5-6H2,1-4H3. The van der Waals surface area contributed by atoms with Gasteiger partial charge in [-0.1, -0.05) is 13.8 Å². The molecule has 19 heavy (non-hydrogen) atoms. The second-order valence-corrected chi connectivity index (χ2v) is 5.44. The van der Waals surface area contributed by atoms with Gasteiger partial charge in [-0.25, -0.2) is 4.98 Å². The van der Waals surface area contributed by atoms with E-state index in [0.717, 1.165) is 35.4 Å². The van der Waals surface area contributed by atoms with Crippen molar-refractivity contribution in [3.05, 3.63) is 24.0 Å². The molecule has 1 aromatic carbocycles. The Hall–Kier alpha value is -1.22. The summed E-state index contributed by atoms with van der Waals surface area (Å²) in [4.78, 5) is 4.68. The van der Waals surface area contributed by atoms with Crippen molar-refractivity contribution in [1.82, 2.24) is 9.55 Å². The van der Waals surface area contributed by atoms with E-state index in [1.54, 1.807) is 7.11 Å². The van der Waals surface area contributed by atoms with Gasteiger partial charge in [-0.15, -0.1) is 11.6 Å². The number of rotatable bonds is 5. The highest BCUT2D eigenvalue weighted by molar-refractivity contribution is 6.20. The molecule has 0 saturated heterocycles. The minimum Gasteiger partial charge on any atom is -0.497 e. The number of aromatic nitrogens is 2. The zero-order chi connectivity index (χ0) is 14.0. The molecule has 0 radical (unpaired) electrons. The van der Waals surface area contributed by atoms with Crippen LogP contribution in [0.15, 0.2) is 18.2 Å². The SMILES string of the molecule is CCC(CC)n1c(C(C)Cl)nc2ccc(OC)cc21. The Labute approximate surface area is 119 Å². The summed E-state index contributed by atoms with van der Waals surface area (Å²) in [6.07, 6.45) is 2.13. The third kappa shape index (κ3) is 2.57. The van der Waals surface area contributed by atoms with Gasteiger partial charge in [0.25, 0.3) is 0 Å². The summed E-state index contributed by atoms with van der Waals surface area (Å²) in [6, 6.07) is 6.40. The monoisotopic (exact) mass is 280 g/mol. The van der Waals surface area contributed by atoms with Crippen molar-refractivity contribution in [3.63, 3.8) is 0 Å². The Morgan fingerprint density at radius 1 is 1.32 bits per heavy atom. The minimum absolute atomic E-state index is 0.0982. The van der Waals surface area contributed by atoms with Gasteiger partial charge in [-0.05, 0) is 31.9 Å². The third-order valence-electron chi connectivity index (χ3n) is 3.59. The quantitative estimate of drug-likeness (QED) is 0.742. The maximum atomic E-state index is 6.30. The highest BCUT2D eigenvalue weighted by Gasteiger charge is 2.20. The lowest BCUT2D eigenvalue weighted by molar-refractivity contribution is 0.414. The number of benzene rings is 1. The lowest BCUT2D eigenvalue weighted by atomic mass is 10.1. The first-order chi connectivity index (χ1) is 9.12. The van der Waals surface area contributed by atoms with Crippen LogP contribution in [0.2, 0.25) is 0 Å². The lowest BCUT2D eigenvalue weighted by Crippen LogP contribution is -2.11. The van der Waals surface area contributed by atoms with Crippen LogP contribution in [0.3, 0.4) is 0 Å². The van der Waals surface area contributed by atoms with Crippen molar-refractivity contribution in [2.24, 2.45) is 0 Å². The molecule has 0 aliphatic heterocycles. The van der Waals surface area contributed by atoms with Crippen molar-refractivity contribution < 1.29 is 4.74 Å². The van der Waals surface area contributed by atoms with E-state index in [-0.39, 0.29) is 5.38 Å². The van der Waals surface area contributed by atoms with E-state index in [4.69, 9.17) is 16.3 Å². The second kappa shape index (κ2) is 5.83. The van der Waals surface area contributed by atoms with Crippen LogP contribution in [0.25, 0.3) is 11.0 Å². The summed E-state index contributed by atoms with van der Waals surface area (Å²) in [6.45, 7) is 6.37. The number of imidazole rings is 1. The zero-order valence-corrected chi connectivity index (χ0v) is 12.7. The summed E-state index contributed by atoms with van der Waals surface area (Å²) in [5, 5.41) is -0.0982. The predicted octanol–water partition coefficient (Wildman–Crippen LogP) is 4.71. The smallest absolute Gasteiger partial charge is 0.127 e. The summed E-state index contributed by atoms with van der Waals surface area (Å²) < 4.78 is 7.59. The fourth-order valence-corrected chi connectivity index (χ4v) is 2.69. The topological polar surface area (TPSA) is 27.1 Å². The van der Waals surface area contributed by atoms with Gasteiger partial charge in [0.1, 0.15) is 11.6 Å². The van der Waals surface area contributed by atoms with Crippen LogP contribution in [0, 0.1) is 0 Å². The number of hydrogen-bond acceptors (Lipinski definition) is 2. The van der Waals surface area contributed by atoms with Crippen LogP contribution >= 0.6 is 11.6 Å². The fraction of sp³-hybridized carbons (Fsp3) is 0.533. The van der Waals surface area contributed by atoms with Crippen LogP contribution in [-0.2, 0) is 0 Å². The summed E-state index contributed by atoms with van der Waals surface area (Å²) in [7, 11) is 1.68. The van der Waals surface area contributed by atoms with Crippen LogP contribution < -0.4 is 4.74 Å². The number of halogens is 1.